The molecule has 0 radical (unpaired) electrons. The van der Waals surface area contributed by atoms with Gasteiger partial charge < -0.3 is 4.74 Å². The van der Waals surface area contributed by atoms with Gasteiger partial charge in [0.05, 0.1) is 19.3 Å². The van der Waals surface area contributed by atoms with E-state index in [4.69, 9.17) is 4.74 Å². The van der Waals surface area contributed by atoms with Crippen molar-refractivity contribution < 1.29 is 9.13 Å². The van der Waals surface area contributed by atoms with Crippen molar-refractivity contribution in [3.8, 4) is 11.4 Å². The molecular weight excluding hydrogens is 413 g/mol. The zero-order valence-electron chi connectivity index (χ0n) is 17.7. The standard InChI is InChI=1S/C23H20FN5O3/c1-14-12-27-19-20(25-22(27)29(14)17-5-4-6-18(11-17)32-3)26(2)23(31)28(21(19)30)13-15-7-9-16(24)10-8-15/h4-12H,13H2,1-3H3. The minimum atomic E-state index is -0.489. The quantitative estimate of drug-likeness (QED) is 0.437. The average Bonchev–Trinajstić information content (AvgIpc) is 3.31. The molecule has 0 saturated carbocycles. The molecule has 0 aliphatic heterocycles. The second kappa shape index (κ2) is 7.23. The fourth-order valence-corrected chi connectivity index (χ4v) is 3.99. The Hall–Kier alpha value is -4.14. The SMILES string of the molecule is COc1cccc(-n2c(C)cn3c4c(=O)n(Cc5ccc(F)cc5)c(=O)n(C)c4nc23)c1. The van der Waals surface area contributed by atoms with E-state index in [1.165, 1.54) is 16.7 Å². The molecule has 3 aromatic heterocycles. The van der Waals surface area contributed by atoms with E-state index in [-0.39, 0.29) is 12.4 Å². The van der Waals surface area contributed by atoms with Crippen LogP contribution in [-0.4, -0.2) is 30.2 Å². The maximum atomic E-state index is 13.4. The van der Waals surface area contributed by atoms with Gasteiger partial charge in [0.1, 0.15) is 11.6 Å². The highest BCUT2D eigenvalue weighted by Gasteiger charge is 2.21. The third-order valence-electron chi connectivity index (χ3n) is 5.59. The molecule has 9 heteroatoms. The molecule has 8 nitrogen and oxygen atoms in total. The Balaban J connectivity index is 1.77. The van der Waals surface area contributed by atoms with Crippen molar-refractivity contribution in [1.82, 2.24) is 23.1 Å². The van der Waals surface area contributed by atoms with Crippen LogP contribution in [0.3, 0.4) is 0 Å². The zero-order chi connectivity index (χ0) is 22.6. The Bertz CT molecular complexity index is 1610. The molecule has 0 aliphatic rings. The molecule has 0 saturated heterocycles. The molecule has 0 spiro atoms. The first-order chi connectivity index (χ1) is 15.4. The molecule has 0 amide bonds. The number of benzene rings is 2. The first kappa shape index (κ1) is 19.8. The third-order valence-corrected chi connectivity index (χ3v) is 5.59. The lowest BCUT2D eigenvalue weighted by Crippen LogP contribution is -2.39. The van der Waals surface area contributed by atoms with Gasteiger partial charge in [-0.3, -0.25) is 22.9 Å². The van der Waals surface area contributed by atoms with E-state index in [2.05, 4.69) is 4.98 Å². The maximum Gasteiger partial charge on any atom is 0.332 e. The van der Waals surface area contributed by atoms with Crippen LogP contribution in [0.2, 0.25) is 0 Å². The number of methoxy groups -OCH3 is 1. The number of aromatic nitrogens is 5. The summed E-state index contributed by atoms with van der Waals surface area (Å²) < 4.78 is 24.7. The highest BCUT2D eigenvalue weighted by Crippen LogP contribution is 2.23. The Morgan fingerprint density at radius 2 is 1.84 bits per heavy atom. The highest BCUT2D eigenvalue weighted by atomic mass is 19.1. The lowest BCUT2D eigenvalue weighted by Gasteiger charge is -2.08. The number of halogens is 1. The predicted octanol–water partition coefficient (Wildman–Crippen LogP) is 2.64. The van der Waals surface area contributed by atoms with Crippen LogP contribution >= 0.6 is 0 Å². The van der Waals surface area contributed by atoms with Gasteiger partial charge in [0.25, 0.3) is 5.56 Å². The van der Waals surface area contributed by atoms with Crippen molar-refractivity contribution in [1.29, 1.82) is 0 Å². The molecule has 0 unspecified atom stereocenters. The number of hydrogen-bond acceptors (Lipinski definition) is 4. The minimum absolute atomic E-state index is 0.0323. The molecule has 32 heavy (non-hydrogen) atoms. The zero-order valence-corrected chi connectivity index (χ0v) is 17.7. The van der Waals surface area contributed by atoms with E-state index in [0.29, 0.717) is 28.3 Å². The van der Waals surface area contributed by atoms with Gasteiger partial charge in [-0.1, -0.05) is 18.2 Å². The molecule has 5 aromatic rings. The molecule has 5 rings (SSSR count). The van der Waals surface area contributed by atoms with Crippen molar-refractivity contribution >= 4 is 16.9 Å². The lowest BCUT2D eigenvalue weighted by atomic mass is 10.2. The molecule has 0 bridgehead atoms. The highest BCUT2D eigenvalue weighted by molar-refractivity contribution is 5.76. The molecule has 0 aliphatic carbocycles. The first-order valence-corrected chi connectivity index (χ1v) is 9.98. The summed E-state index contributed by atoms with van der Waals surface area (Å²) >= 11 is 0. The van der Waals surface area contributed by atoms with Crippen molar-refractivity contribution in [3.63, 3.8) is 0 Å². The Morgan fingerprint density at radius 1 is 1.09 bits per heavy atom. The van der Waals surface area contributed by atoms with Gasteiger partial charge in [-0.25, -0.2) is 9.18 Å². The van der Waals surface area contributed by atoms with Gasteiger partial charge in [-0.2, -0.15) is 4.98 Å². The Labute approximate surface area is 181 Å². The molecule has 0 atom stereocenters. The molecule has 0 fully saturated rings. The van der Waals surface area contributed by atoms with E-state index in [1.54, 1.807) is 30.7 Å². The van der Waals surface area contributed by atoms with Crippen LogP contribution < -0.4 is 16.0 Å². The van der Waals surface area contributed by atoms with Gasteiger partial charge >= 0.3 is 5.69 Å². The Kier molecular flexibility index (Phi) is 4.47. The molecular formula is C23H20FN5O3. The first-order valence-electron chi connectivity index (χ1n) is 9.98. The number of aryl methyl sites for hydroxylation is 2. The monoisotopic (exact) mass is 433 g/mol. The molecule has 3 heterocycles. The second-order valence-corrected chi connectivity index (χ2v) is 7.62. The normalized spacial score (nSPS) is 11.5. The van der Waals surface area contributed by atoms with E-state index < -0.39 is 11.2 Å². The minimum Gasteiger partial charge on any atom is -0.497 e. The maximum absolute atomic E-state index is 13.4. The van der Waals surface area contributed by atoms with E-state index >= 15 is 0 Å². The predicted molar refractivity (Wildman–Crippen MR) is 118 cm³/mol. The van der Waals surface area contributed by atoms with Crippen LogP contribution in [-0.2, 0) is 13.6 Å². The topological polar surface area (TPSA) is 75.5 Å². The number of imidazole rings is 2. The molecule has 2 aromatic carbocycles. The molecule has 0 N–H and O–H groups in total. The number of ether oxygens (including phenoxy) is 1. The van der Waals surface area contributed by atoms with Crippen molar-refractivity contribution in [2.75, 3.05) is 7.11 Å². The van der Waals surface area contributed by atoms with Crippen LogP contribution in [0.5, 0.6) is 5.75 Å². The van der Waals surface area contributed by atoms with E-state index in [0.717, 1.165) is 15.9 Å². The summed E-state index contributed by atoms with van der Waals surface area (Å²) in [4.78, 5) is 31.0. The fourth-order valence-electron chi connectivity index (χ4n) is 3.99. The largest absolute Gasteiger partial charge is 0.497 e. The van der Waals surface area contributed by atoms with E-state index in [1.807, 2.05) is 42.0 Å². The fraction of sp³-hybridized carbons (Fsp3) is 0.174. The van der Waals surface area contributed by atoms with Crippen LogP contribution in [0.25, 0.3) is 22.6 Å². The van der Waals surface area contributed by atoms with Crippen LogP contribution in [0.4, 0.5) is 4.39 Å². The van der Waals surface area contributed by atoms with Crippen molar-refractivity contribution in [3.05, 3.63) is 92.6 Å². The van der Waals surface area contributed by atoms with Crippen LogP contribution in [0.1, 0.15) is 11.3 Å². The number of rotatable bonds is 4. The van der Waals surface area contributed by atoms with Crippen molar-refractivity contribution in [2.45, 2.75) is 13.5 Å². The van der Waals surface area contributed by atoms with E-state index in [9.17, 15) is 14.0 Å². The van der Waals surface area contributed by atoms with Crippen LogP contribution in [0, 0.1) is 12.7 Å². The third kappa shape index (κ3) is 2.93. The lowest BCUT2D eigenvalue weighted by molar-refractivity contribution is 0.414. The summed E-state index contributed by atoms with van der Waals surface area (Å²) in [5, 5.41) is 0. The number of nitrogens with zero attached hydrogens (tertiary/aromatic N) is 5. The summed E-state index contributed by atoms with van der Waals surface area (Å²) in [6.45, 7) is 1.95. The number of fused-ring (bicyclic) bond motifs is 3. The number of hydrogen-bond donors (Lipinski definition) is 0. The average molecular weight is 433 g/mol. The summed E-state index contributed by atoms with van der Waals surface area (Å²) in [7, 11) is 3.18. The Morgan fingerprint density at radius 3 is 2.56 bits per heavy atom. The smallest absolute Gasteiger partial charge is 0.332 e. The van der Waals surface area contributed by atoms with Crippen molar-refractivity contribution in [2.24, 2.45) is 7.05 Å². The summed E-state index contributed by atoms with van der Waals surface area (Å²) in [6.07, 6.45) is 1.82. The summed E-state index contributed by atoms with van der Waals surface area (Å²) in [5.74, 6) is 0.826. The van der Waals surface area contributed by atoms with Gasteiger partial charge in [0, 0.05) is 25.0 Å². The van der Waals surface area contributed by atoms with Gasteiger partial charge in [-0.15, -0.1) is 0 Å². The summed E-state index contributed by atoms with van der Waals surface area (Å²) in [6, 6.07) is 13.2. The van der Waals surface area contributed by atoms with Gasteiger partial charge in [0.2, 0.25) is 5.78 Å². The molecule has 162 valence electrons. The van der Waals surface area contributed by atoms with Crippen LogP contribution in [0.15, 0.2) is 64.3 Å². The second-order valence-electron chi connectivity index (χ2n) is 7.62. The van der Waals surface area contributed by atoms with Gasteiger partial charge in [-0.05, 0) is 36.8 Å². The van der Waals surface area contributed by atoms with Gasteiger partial charge in [0.15, 0.2) is 11.2 Å². The summed E-state index contributed by atoms with van der Waals surface area (Å²) in [5.41, 5.74) is 1.98.